The van der Waals surface area contributed by atoms with Gasteiger partial charge in [-0.15, -0.1) is 5.10 Å². The largest absolute Gasteiger partial charge is 0.405 e. The summed E-state index contributed by atoms with van der Waals surface area (Å²) < 4.78 is 7.30. The minimum Gasteiger partial charge on any atom is -0.405 e. The van der Waals surface area contributed by atoms with Gasteiger partial charge in [0.1, 0.15) is 5.52 Å². The van der Waals surface area contributed by atoms with Crippen molar-refractivity contribution >= 4 is 17.0 Å². The number of hydrogen-bond donors (Lipinski definition) is 2. The number of aromatic nitrogens is 3. The van der Waals surface area contributed by atoms with Crippen LogP contribution in [0, 0.1) is 11.5 Å². The van der Waals surface area contributed by atoms with E-state index in [4.69, 9.17) is 20.7 Å². The highest BCUT2D eigenvalue weighted by Gasteiger charge is 2.18. The van der Waals surface area contributed by atoms with E-state index in [-0.39, 0.29) is 0 Å². The van der Waals surface area contributed by atoms with Crippen LogP contribution in [0.25, 0.3) is 16.9 Å². The number of fused-ring (bicyclic) bond motifs is 1. The third-order valence-electron chi connectivity index (χ3n) is 4.27. The van der Waals surface area contributed by atoms with Crippen molar-refractivity contribution < 1.29 is 4.74 Å². The maximum atomic E-state index is 8.68. The lowest BCUT2D eigenvalue weighted by Crippen LogP contribution is -2.37. The highest BCUT2D eigenvalue weighted by Crippen LogP contribution is 2.25. The van der Waals surface area contributed by atoms with E-state index in [0.29, 0.717) is 19.0 Å². The van der Waals surface area contributed by atoms with Crippen molar-refractivity contribution in [1.29, 1.82) is 5.26 Å². The first-order valence-electron chi connectivity index (χ1n) is 10.2. The Kier molecular flexibility index (Phi) is 9.59. The molecule has 2 aromatic heterocycles. The highest BCUT2D eigenvalue weighted by molar-refractivity contribution is 5.72. The lowest BCUT2D eigenvalue weighted by Gasteiger charge is -2.28. The van der Waals surface area contributed by atoms with Gasteiger partial charge in [-0.05, 0) is 48.7 Å². The van der Waals surface area contributed by atoms with Gasteiger partial charge in [-0.3, -0.25) is 5.32 Å². The Labute approximate surface area is 183 Å². The van der Waals surface area contributed by atoms with Crippen LogP contribution in [0.15, 0.2) is 67.5 Å². The summed E-state index contributed by atoms with van der Waals surface area (Å²) in [4.78, 5) is 7.03. The fourth-order valence-corrected chi connectivity index (χ4v) is 2.89. The molecule has 3 heterocycles. The maximum Gasteiger partial charge on any atom is 0.182 e. The number of allylic oxidation sites excluding steroid dienone is 2. The maximum absolute atomic E-state index is 8.68. The first kappa shape index (κ1) is 23.4. The summed E-state index contributed by atoms with van der Waals surface area (Å²) in [6.45, 7) is 10.4. The normalized spacial score (nSPS) is 12.9. The zero-order valence-corrected chi connectivity index (χ0v) is 18.0. The number of nitrogens with one attached hydrogen (secondary N) is 1. The molecule has 3 aromatic rings. The van der Waals surface area contributed by atoms with E-state index < -0.39 is 0 Å². The van der Waals surface area contributed by atoms with Crippen LogP contribution in [0.2, 0.25) is 0 Å². The van der Waals surface area contributed by atoms with Crippen molar-refractivity contribution in [3.63, 3.8) is 0 Å². The Hall–Kier alpha value is -3.83. The van der Waals surface area contributed by atoms with Crippen LogP contribution in [0.1, 0.15) is 13.8 Å². The second kappa shape index (κ2) is 12.7. The molecule has 0 unspecified atom stereocenters. The molecule has 0 atom stereocenters. The van der Waals surface area contributed by atoms with Crippen LogP contribution in [0.4, 0.5) is 11.5 Å². The molecule has 0 saturated carbocycles. The van der Waals surface area contributed by atoms with Gasteiger partial charge in [-0.25, -0.2) is 9.50 Å². The Balaban J connectivity index is 0.000000432. The molecule has 1 fully saturated rings. The topological polar surface area (TPSA) is 104 Å². The van der Waals surface area contributed by atoms with Crippen LogP contribution >= 0.6 is 0 Å². The van der Waals surface area contributed by atoms with Gasteiger partial charge in [0.15, 0.2) is 17.8 Å². The van der Waals surface area contributed by atoms with E-state index >= 15 is 0 Å². The van der Waals surface area contributed by atoms with Crippen LogP contribution in [-0.4, -0.2) is 40.9 Å². The van der Waals surface area contributed by atoms with Gasteiger partial charge in [0.2, 0.25) is 0 Å². The van der Waals surface area contributed by atoms with Gasteiger partial charge < -0.3 is 15.4 Å². The van der Waals surface area contributed by atoms with E-state index in [9.17, 15) is 0 Å². The predicted octanol–water partition coefficient (Wildman–Crippen LogP) is 3.80. The number of nitrogens with zero attached hydrogens (tertiary/aromatic N) is 5. The quantitative estimate of drug-likeness (QED) is 0.376. The molecule has 0 spiro atoms. The average molecular weight is 420 g/mol. The Morgan fingerprint density at radius 2 is 1.90 bits per heavy atom. The summed E-state index contributed by atoms with van der Waals surface area (Å²) in [7, 11) is 0. The van der Waals surface area contributed by atoms with E-state index in [0.717, 1.165) is 35.7 Å². The minimum absolute atomic E-state index is 0.656. The molecule has 1 aliphatic rings. The summed E-state index contributed by atoms with van der Waals surface area (Å²) in [6, 6.07) is 11.5. The SMILES string of the molecule is C=C/C=C/N.CC.N#CNc1ccc(-c2nc(N3CCOCC3)c3cccn3n2)cc1. The number of rotatable bonds is 4. The first-order valence-corrected chi connectivity index (χ1v) is 10.2. The molecule has 0 amide bonds. The number of hydrogen-bond acceptors (Lipinski definition) is 7. The monoisotopic (exact) mass is 419 g/mol. The van der Waals surface area contributed by atoms with Crippen molar-refractivity contribution in [3.05, 3.63) is 67.5 Å². The minimum atomic E-state index is 0.656. The Morgan fingerprint density at radius 1 is 1.19 bits per heavy atom. The molecule has 1 aliphatic heterocycles. The molecule has 0 bridgehead atoms. The molecule has 1 aromatic carbocycles. The molecule has 8 nitrogen and oxygen atoms in total. The molecule has 31 heavy (non-hydrogen) atoms. The van der Waals surface area contributed by atoms with Crippen molar-refractivity contribution in [1.82, 2.24) is 14.6 Å². The number of anilines is 2. The van der Waals surface area contributed by atoms with Crippen LogP contribution in [-0.2, 0) is 4.74 Å². The second-order valence-corrected chi connectivity index (χ2v) is 6.13. The molecule has 1 saturated heterocycles. The molecule has 3 N–H and O–H groups in total. The summed E-state index contributed by atoms with van der Waals surface area (Å²) in [6.07, 6.45) is 8.57. The van der Waals surface area contributed by atoms with Crippen LogP contribution in [0.3, 0.4) is 0 Å². The molecule has 162 valence electrons. The highest BCUT2D eigenvalue weighted by atomic mass is 16.5. The number of nitrogens with two attached hydrogens (primary N) is 1. The standard InChI is InChI=1S/C17H16N6O.C4H7N.C2H6/c18-12-19-14-5-3-13(4-6-14)16-20-17(22-8-10-24-11-9-22)15-2-1-7-23(15)21-16;1-2-3-4-5;1-2/h1-7,19H,8-11H2;2-4H,1,5H2;1-2H3/b;4-3+;. The van der Waals surface area contributed by atoms with Crippen molar-refractivity contribution in [2.24, 2.45) is 5.73 Å². The molecular formula is C23H29N7O. The van der Waals surface area contributed by atoms with Crippen molar-refractivity contribution in [3.8, 4) is 17.6 Å². The molecule has 0 radical (unpaired) electrons. The lowest BCUT2D eigenvalue weighted by molar-refractivity contribution is 0.122. The summed E-state index contributed by atoms with van der Waals surface area (Å²) in [5.74, 6) is 1.58. The van der Waals surface area contributed by atoms with E-state index in [1.807, 2.05) is 67.2 Å². The van der Waals surface area contributed by atoms with E-state index in [1.54, 1.807) is 12.2 Å². The average Bonchev–Trinajstić information content (AvgIpc) is 3.31. The number of morpholine rings is 1. The lowest BCUT2D eigenvalue weighted by atomic mass is 10.2. The molecule has 0 aliphatic carbocycles. The molecule has 8 heteroatoms. The number of ether oxygens (including phenoxy) is 1. The third-order valence-corrected chi connectivity index (χ3v) is 4.27. The van der Waals surface area contributed by atoms with Gasteiger partial charge in [-0.2, -0.15) is 5.26 Å². The van der Waals surface area contributed by atoms with Gasteiger partial charge >= 0.3 is 0 Å². The second-order valence-electron chi connectivity index (χ2n) is 6.13. The van der Waals surface area contributed by atoms with Crippen LogP contribution in [0.5, 0.6) is 0 Å². The fraction of sp³-hybridized carbons (Fsp3) is 0.261. The number of nitriles is 1. The van der Waals surface area contributed by atoms with Crippen LogP contribution < -0.4 is 16.0 Å². The smallest absolute Gasteiger partial charge is 0.182 e. The van der Waals surface area contributed by atoms with Crippen molar-refractivity contribution in [2.45, 2.75) is 13.8 Å². The third kappa shape index (κ3) is 6.32. The Bertz CT molecular complexity index is 1010. The Morgan fingerprint density at radius 3 is 2.48 bits per heavy atom. The fourth-order valence-electron chi connectivity index (χ4n) is 2.89. The van der Waals surface area contributed by atoms with Gasteiger partial charge in [0.25, 0.3) is 0 Å². The first-order chi connectivity index (χ1) is 15.3. The number of benzene rings is 1. The van der Waals surface area contributed by atoms with Gasteiger partial charge in [-0.1, -0.05) is 26.5 Å². The zero-order valence-electron chi connectivity index (χ0n) is 18.0. The molecule has 4 rings (SSSR count). The van der Waals surface area contributed by atoms with Crippen molar-refractivity contribution in [2.75, 3.05) is 36.5 Å². The van der Waals surface area contributed by atoms with E-state index in [2.05, 4.69) is 21.9 Å². The summed E-state index contributed by atoms with van der Waals surface area (Å²) in [5.41, 5.74) is 7.53. The summed E-state index contributed by atoms with van der Waals surface area (Å²) in [5, 5.41) is 15.9. The van der Waals surface area contributed by atoms with E-state index in [1.165, 1.54) is 6.20 Å². The summed E-state index contributed by atoms with van der Waals surface area (Å²) >= 11 is 0. The predicted molar refractivity (Wildman–Crippen MR) is 126 cm³/mol. The zero-order chi connectivity index (χ0) is 22.5. The molecular weight excluding hydrogens is 390 g/mol. The van der Waals surface area contributed by atoms with Gasteiger partial charge in [0, 0.05) is 30.5 Å². The van der Waals surface area contributed by atoms with Gasteiger partial charge in [0.05, 0.1) is 13.2 Å².